The summed E-state index contributed by atoms with van der Waals surface area (Å²) in [6.07, 6.45) is 0.777. The highest BCUT2D eigenvalue weighted by atomic mass is 16.5. The number of fused-ring (bicyclic) bond motifs is 1. The summed E-state index contributed by atoms with van der Waals surface area (Å²) in [7, 11) is 0. The van der Waals surface area contributed by atoms with Crippen LogP contribution >= 0.6 is 0 Å². The molecule has 1 aliphatic heterocycles. The Morgan fingerprint density at radius 1 is 1.13 bits per heavy atom. The lowest BCUT2D eigenvalue weighted by molar-refractivity contribution is 0.0767. The van der Waals surface area contributed by atoms with E-state index in [4.69, 9.17) is 4.74 Å². The van der Waals surface area contributed by atoms with Crippen LogP contribution in [0.25, 0.3) is 0 Å². The fourth-order valence-corrected chi connectivity index (χ4v) is 3.54. The highest BCUT2D eigenvalue weighted by Gasteiger charge is 2.29. The molecule has 6 nitrogen and oxygen atoms in total. The van der Waals surface area contributed by atoms with Gasteiger partial charge in [-0.05, 0) is 30.4 Å². The molecular weight excluding hydrogens is 378 g/mol. The number of carbonyl (C=O) groups excluding carboxylic acids is 2. The normalized spacial score (nSPS) is 15.8. The highest BCUT2D eigenvalue weighted by Crippen LogP contribution is 2.24. The molecule has 162 valence electrons. The lowest BCUT2D eigenvalue weighted by Crippen LogP contribution is -2.42. The van der Waals surface area contributed by atoms with Gasteiger partial charge in [0, 0.05) is 12.6 Å². The number of ether oxygens (including phenoxy) is 1. The molecule has 30 heavy (non-hydrogen) atoms. The van der Waals surface area contributed by atoms with Crippen molar-refractivity contribution in [2.75, 3.05) is 6.61 Å². The number of amides is 2. The molecule has 1 aromatic heterocycles. The van der Waals surface area contributed by atoms with Crippen LogP contribution in [-0.4, -0.2) is 29.0 Å². The Kier molecular flexibility index (Phi) is 6.66. The summed E-state index contributed by atoms with van der Waals surface area (Å²) in [6, 6.07) is 11.5. The second kappa shape index (κ2) is 9.04. The van der Waals surface area contributed by atoms with Crippen LogP contribution in [0.15, 0.2) is 36.4 Å². The van der Waals surface area contributed by atoms with Gasteiger partial charge in [0.05, 0.1) is 30.5 Å². The summed E-state index contributed by atoms with van der Waals surface area (Å²) < 4.78 is 7.52. The van der Waals surface area contributed by atoms with Gasteiger partial charge in [0.2, 0.25) is 0 Å². The Bertz CT molecular complexity index is 896. The zero-order valence-corrected chi connectivity index (χ0v) is 18.6. The molecule has 3 rings (SSSR count). The summed E-state index contributed by atoms with van der Waals surface area (Å²) in [6.45, 7) is 11.7. The molecule has 2 heterocycles. The first kappa shape index (κ1) is 22.1. The van der Waals surface area contributed by atoms with Crippen molar-refractivity contribution in [2.45, 2.75) is 66.3 Å². The van der Waals surface area contributed by atoms with E-state index in [9.17, 15) is 9.59 Å². The van der Waals surface area contributed by atoms with Gasteiger partial charge in [-0.1, -0.05) is 58.0 Å². The van der Waals surface area contributed by atoms with Crippen LogP contribution in [0.1, 0.15) is 79.2 Å². The third-order valence-corrected chi connectivity index (χ3v) is 5.95. The molecule has 2 amide bonds. The van der Waals surface area contributed by atoms with E-state index in [1.807, 2.05) is 48.7 Å². The molecule has 2 N–H and O–H groups in total. The fourth-order valence-electron chi connectivity index (χ4n) is 3.54. The van der Waals surface area contributed by atoms with Gasteiger partial charge in [0.1, 0.15) is 5.69 Å². The van der Waals surface area contributed by atoms with Crippen molar-refractivity contribution >= 4 is 11.8 Å². The number of carbonyl (C=O) groups is 2. The lowest BCUT2D eigenvalue weighted by atomic mass is 9.88. The number of hydrogen-bond donors (Lipinski definition) is 2. The van der Waals surface area contributed by atoms with E-state index in [-0.39, 0.29) is 29.3 Å². The topological polar surface area (TPSA) is 72.4 Å². The van der Waals surface area contributed by atoms with Gasteiger partial charge < -0.3 is 19.9 Å². The van der Waals surface area contributed by atoms with Crippen molar-refractivity contribution in [1.82, 2.24) is 15.2 Å². The average molecular weight is 412 g/mol. The third kappa shape index (κ3) is 4.75. The van der Waals surface area contributed by atoms with Crippen LogP contribution in [0.2, 0.25) is 0 Å². The second-order valence-corrected chi connectivity index (χ2v) is 9.00. The van der Waals surface area contributed by atoms with Gasteiger partial charge in [0.25, 0.3) is 11.8 Å². The first-order chi connectivity index (χ1) is 14.2. The zero-order valence-electron chi connectivity index (χ0n) is 18.6. The van der Waals surface area contributed by atoms with Crippen LogP contribution in [-0.2, 0) is 17.9 Å². The molecule has 0 aliphatic carbocycles. The summed E-state index contributed by atoms with van der Waals surface area (Å²) in [5.41, 5.74) is 2.80. The van der Waals surface area contributed by atoms with E-state index >= 15 is 0 Å². The molecule has 2 aromatic rings. The second-order valence-electron chi connectivity index (χ2n) is 9.00. The summed E-state index contributed by atoms with van der Waals surface area (Å²) in [5, 5.41) is 6.21. The van der Waals surface area contributed by atoms with E-state index in [0.29, 0.717) is 31.0 Å². The number of hydrogen-bond acceptors (Lipinski definition) is 3. The third-order valence-electron chi connectivity index (χ3n) is 5.95. The lowest BCUT2D eigenvalue weighted by Gasteiger charge is -2.28. The van der Waals surface area contributed by atoms with Gasteiger partial charge >= 0.3 is 0 Å². The first-order valence-corrected chi connectivity index (χ1v) is 10.7. The van der Waals surface area contributed by atoms with E-state index in [0.717, 1.165) is 17.7 Å². The first-order valence-electron chi connectivity index (χ1n) is 10.7. The Morgan fingerprint density at radius 3 is 2.47 bits per heavy atom. The molecule has 1 aromatic carbocycles. The van der Waals surface area contributed by atoms with Gasteiger partial charge in [-0.25, -0.2) is 0 Å². The van der Waals surface area contributed by atoms with Crippen LogP contribution in [0.5, 0.6) is 0 Å². The van der Waals surface area contributed by atoms with Crippen LogP contribution in [0.3, 0.4) is 0 Å². The zero-order chi connectivity index (χ0) is 21.9. The standard InChI is InChI=1S/C24H33N3O3/c1-6-19(17-10-8-7-9-11-17)26-22(28)18-14-20(27-12-13-30-15-21(18)27)23(29)25-16(2)24(3,4)5/h7-11,14,16,19H,6,12-13,15H2,1-5H3,(H,25,29)(H,26,28). The maximum atomic E-state index is 13.2. The molecule has 0 fully saturated rings. The molecule has 0 saturated heterocycles. The SMILES string of the molecule is CCC(NC(=O)c1cc(C(=O)NC(C)C(C)(C)C)n2c1COCC2)c1ccccc1. The molecule has 0 radical (unpaired) electrons. The van der Waals surface area contributed by atoms with Crippen LogP contribution in [0, 0.1) is 5.41 Å². The average Bonchev–Trinajstić information content (AvgIpc) is 3.12. The number of aromatic nitrogens is 1. The molecule has 6 heteroatoms. The van der Waals surface area contributed by atoms with Crippen molar-refractivity contribution in [1.29, 1.82) is 0 Å². The maximum Gasteiger partial charge on any atom is 0.268 e. The van der Waals surface area contributed by atoms with Crippen LogP contribution in [0.4, 0.5) is 0 Å². The van der Waals surface area contributed by atoms with Gasteiger partial charge in [0.15, 0.2) is 0 Å². The van der Waals surface area contributed by atoms with Gasteiger partial charge in [-0.3, -0.25) is 9.59 Å². The quantitative estimate of drug-likeness (QED) is 0.753. The van der Waals surface area contributed by atoms with Crippen LogP contribution < -0.4 is 10.6 Å². The number of rotatable bonds is 6. The minimum atomic E-state index is -0.178. The minimum absolute atomic E-state index is 0.00387. The Balaban J connectivity index is 1.86. The monoisotopic (exact) mass is 411 g/mol. The largest absolute Gasteiger partial charge is 0.373 e. The smallest absolute Gasteiger partial charge is 0.268 e. The molecule has 2 unspecified atom stereocenters. The molecule has 2 atom stereocenters. The number of nitrogens with one attached hydrogen (secondary N) is 2. The Morgan fingerprint density at radius 2 is 1.83 bits per heavy atom. The highest BCUT2D eigenvalue weighted by molar-refractivity contribution is 6.01. The number of benzene rings is 1. The van der Waals surface area contributed by atoms with E-state index in [2.05, 4.69) is 31.4 Å². The van der Waals surface area contributed by atoms with Crippen molar-refractivity contribution < 1.29 is 14.3 Å². The predicted molar refractivity (Wildman–Crippen MR) is 117 cm³/mol. The van der Waals surface area contributed by atoms with Crippen molar-refractivity contribution in [3.05, 3.63) is 58.9 Å². The van der Waals surface area contributed by atoms with E-state index < -0.39 is 0 Å². The minimum Gasteiger partial charge on any atom is -0.373 e. The molecule has 0 spiro atoms. The molecular formula is C24H33N3O3. The summed E-state index contributed by atoms with van der Waals surface area (Å²) in [4.78, 5) is 26.2. The van der Waals surface area contributed by atoms with Gasteiger partial charge in [-0.2, -0.15) is 0 Å². The predicted octanol–water partition coefficient (Wildman–Crippen LogP) is 4.06. The fraction of sp³-hybridized carbons (Fsp3) is 0.500. The van der Waals surface area contributed by atoms with E-state index in [1.54, 1.807) is 6.07 Å². The van der Waals surface area contributed by atoms with Crippen molar-refractivity contribution in [3.63, 3.8) is 0 Å². The molecule has 0 saturated carbocycles. The van der Waals surface area contributed by atoms with Crippen molar-refractivity contribution in [3.8, 4) is 0 Å². The van der Waals surface area contributed by atoms with Crippen molar-refractivity contribution in [2.24, 2.45) is 5.41 Å². The summed E-state index contributed by atoms with van der Waals surface area (Å²) in [5.74, 6) is -0.336. The number of nitrogens with zero attached hydrogens (tertiary/aromatic N) is 1. The maximum absolute atomic E-state index is 13.2. The molecule has 1 aliphatic rings. The molecule has 0 bridgehead atoms. The van der Waals surface area contributed by atoms with E-state index in [1.165, 1.54) is 0 Å². The Labute approximate surface area is 179 Å². The Hall–Kier alpha value is -2.60. The summed E-state index contributed by atoms with van der Waals surface area (Å²) >= 11 is 0. The van der Waals surface area contributed by atoms with Gasteiger partial charge in [-0.15, -0.1) is 0 Å².